The van der Waals surface area contributed by atoms with E-state index in [2.05, 4.69) is 9.97 Å². The molecule has 6 nitrogen and oxygen atoms in total. The summed E-state index contributed by atoms with van der Waals surface area (Å²) in [6.45, 7) is 0. The number of aromatic nitrogens is 2. The molecule has 0 aliphatic heterocycles. The molecule has 0 unspecified atom stereocenters. The van der Waals surface area contributed by atoms with Crippen LogP contribution < -0.4 is 10.3 Å². The van der Waals surface area contributed by atoms with E-state index in [1.54, 1.807) is 12.3 Å². The number of nitrogens with zero attached hydrogens (tertiary/aromatic N) is 2. The molecule has 0 atom stereocenters. The van der Waals surface area contributed by atoms with Gasteiger partial charge in [0, 0.05) is 5.56 Å². The molecule has 0 saturated carbocycles. The van der Waals surface area contributed by atoms with Gasteiger partial charge in [-0.05, 0) is 24.5 Å². The van der Waals surface area contributed by atoms with Crippen LogP contribution in [0.25, 0.3) is 11.3 Å². The Bertz CT molecular complexity index is 750. The largest absolute Gasteiger partial charge is 0.507 e. The smallest absolute Gasteiger partial charge is 0.270 e. The van der Waals surface area contributed by atoms with Gasteiger partial charge in [-0.1, -0.05) is 11.8 Å². The van der Waals surface area contributed by atoms with Gasteiger partial charge >= 0.3 is 0 Å². The second kappa shape index (κ2) is 5.67. The number of methoxy groups -OCH3 is 1. The Morgan fingerprint density at radius 3 is 2.85 bits per heavy atom. The number of benzene rings is 1. The van der Waals surface area contributed by atoms with E-state index >= 15 is 0 Å². The number of nitrogens with one attached hydrogen (secondary N) is 1. The summed E-state index contributed by atoms with van der Waals surface area (Å²) in [6, 6.07) is 6.35. The quantitative estimate of drug-likeness (QED) is 0.659. The van der Waals surface area contributed by atoms with E-state index in [9.17, 15) is 9.90 Å². The van der Waals surface area contributed by atoms with Gasteiger partial charge in [-0.25, -0.2) is 4.98 Å². The minimum Gasteiger partial charge on any atom is -0.507 e. The average Bonchev–Trinajstić information content (AvgIpc) is 2.47. The van der Waals surface area contributed by atoms with Crippen LogP contribution in [0.3, 0.4) is 0 Å². The molecule has 1 aromatic carbocycles. The summed E-state index contributed by atoms with van der Waals surface area (Å²) >= 11 is 1.24. The first-order valence-electron chi connectivity index (χ1n) is 5.56. The molecule has 2 N–H and O–H groups in total. The molecular weight excluding hydrogens is 278 g/mol. The van der Waals surface area contributed by atoms with E-state index in [1.807, 2.05) is 6.07 Å². The summed E-state index contributed by atoms with van der Waals surface area (Å²) in [7, 11) is 1.49. The fourth-order valence-corrected chi connectivity index (χ4v) is 2.06. The molecule has 7 heteroatoms. The summed E-state index contributed by atoms with van der Waals surface area (Å²) in [4.78, 5) is 18.5. The molecule has 102 valence electrons. The van der Waals surface area contributed by atoms with Gasteiger partial charge in [0.1, 0.15) is 28.8 Å². The highest BCUT2D eigenvalue weighted by atomic mass is 32.2. The Morgan fingerprint density at radius 1 is 1.50 bits per heavy atom. The molecule has 0 aliphatic carbocycles. The molecule has 0 fully saturated rings. The van der Waals surface area contributed by atoms with Crippen molar-refractivity contribution in [2.24, 2.45) is 0 Å². The van der Waals surface area contributed by atoms with Gasteiger partial charge in [-0.3, -0.25) is 4.79 Å². The van der Waals surface area contributed by atoms with Crippen molar-refractivity contribution in [3.8, 4) is 28.8 Å². The number of ether oxygens (including phenoxy) is 1. The molecule has 2 aromatic rings. The topological polar surface area (TPSA) is 99.0 Å². The van der Waals surface area contributed by atoms with Gasteiger partial charge in [0.25, 0.3) is 5.56 Å². The van der Waals surface area contributed by atoms with Crippen LogP contribution in [0.5, 0.6) is 11.5 Å². The maximum atomic E-state index is 11.8. The van der Waals surface area contributed by atoms with Gasteiger partial charge < -0.3 is 14.8 Å². The summed E-state index contributed by atoms with van der Waals surface area (Å²) in [5.41, 5.74) is -0.269. The summed E-state index contributed by atoms with van der Waals surface area (Å²) < 4.78 is 5.08. The molecule has 2 rings (SSSR count). The molecule has 0 bridgehead atoms. The third-order valence-electron chi connectivity index (χ3n) is 2.66. The standard InChI is InChI=1S/C13H11N3O3S/c1-19-7-3-4-10(17)8(5-7)11-9(6-14)12(18)16-13(15-11)20-2/h3-5,17H,1-2H3,(H,15,16,18). The zero-order valence-electron chi connectivity index (χ0n) is 10.8. The number of aromatic amines is 1. The lowest BCUT2D eigenvalue weighted by atomic mass is 10.1. The number of H-pyrrole nitrogens is 1. The average molecular weight is 289 g/mol. The van der Waals surface area contributed by atoms with Crippen LogP contribution in [-0.4, -0.2) is 28.4 Å². The molecule has 0 amide bonds. The molecule has 1 aromatic heterocycles. The number of phenolic OH excluding ortho intramolecular Hbond substituents is 1. The maximum absolute atomic E-state index is 11.8. The molecule has 0 saturated heterocycles. The number of rotatable bonds is 3. The molecule has 0 radical (unpaired) electrons. The fraction of sp³-hybridized carbons (Fsp3) is 0.154. The number of hydrogen-bond acceptors (Lipinski definition) is 6. The second-order valence-corrected chi connectivity index (χ2v) is 4.59. The van der Waals surface area contributed by atoms with Crippen molar-refractivity contribution in [3.05, 3.63) is 34.1 Å². The summed E-state index contributed by atoms with van der Waals surface area (Å²) in [5, 5.41) is 19.4. The molecular formula is C13H11N3O3S. The zero-order chi connectivity index (χ0) is 14.7. The molecule has 1 heterocycles. The third kappa shape index (κ3) is 2.46. The van der Waals surface area contributed by atoms with Crippen LogP contribution in [-0.2, 0) is 0 Å². The van der Waals surface area contributed by atoms with Crippen molar-refractivity contribution in [2.75, 3.05) is 13.4 Å². The van der Waals surface area contributed by atoms with Crippen molar-refractivity contribution >= 4 is 11.8 Å². The normalized spacial score (nSPS) is 10.1. The predicted molar refractivity (Wildman–Crippen MR) is 75.0 cm³/mol. The van der Waals surface area contributed by atoms with Crippen molar-refractivity contribution in [1.82, 2.24) is 9.97 Å². The second-order valence-electron chi connectivity index (χ2n) is 3.79. The minimum absolute atomic E-state index is 0.0764. The lowest BCUT2D eigenvalue weighted by molar-refractivity contribution is 0.412. The van der Waals surface area contributed by atoms with Gasteiger partial charge in [-0.2, -0.15) is 5.26 Å². The van der Waals surface area contributed by atoms with Crippen molar-refractivity contribution in [1.29, 1.82) is 5.26 Å². The van der Waals surface area contributed by atoms with E-state index in [0.29, 0.717) is 10.9 Å². The van der Waals surface area contributed by atoms with Crippen LogP contribution >= 0.6 is 11.8 Å². The van der Waals surface area contributed by atoms with Gasteiger partial charge in [0.05, 0.1) is 7.11 Å². The zero-order valence-corrected chi connectivity index (χ0v) is 11.6. The summed E-state index contributed by atoms with van der Waals surface area (Å²) in [6.07, 6.45) is 1.75. The van der Waals surface area contributed by atoms with E-state index in [0.717, 1.165) is 0 Å². The fourth-order valence-electron chi connectivity index (χ4n) is 1.68. The first-order chi connectivity index (χ1) is 9.60. The van der Waals surface area contributed by atoms with Crippen LogP contribution in [0, 0.1) is 11.3 Å². The van der Waals surface area contributed by atoms with Gasteiger partial charge in [0.2, 0.25) is 0 Å². The molecule has 0 aliphatic rings. The van der Waals surface area contributed by atoms with E-state index < -0.39 is 5.56 Å². The first-order valence-corrected chi connectivity index (χ1v) is 6.79. The van der Waals surface area contributed by atoms with Crippen molar-refractivity contribution in [3.63, 3.8) is 0 Å². The number of aromatic hydroxyl groups is 1. The first kappa shape index (κ1) is 14.0. The van der Waals surface area contributed by atoms with Gasteiger partial charge in [-0.15, -0.1) is 0 Å². The van der Waals surface area contributed by atoms with E-state index in [1.165, 1.54) is 31.0 Å². The third-order valence-corrected chi connectivity index (χ3v) is 3.24. The Morgan fingerprint density at radius 2 is 2.25 bits per heavy atom. The highest BCUT2D eigenvalue weighted by Gasteiger charge is 2.16. The lowest BCUT2D eigenvalue weighted by Crippen LogP contribution is -2.14. The Balaban J connectivity index is 2.78. The predicted octanol–water partition coefficient (Wildman–Crippen LogP) is 1.74. The van der Waals surface area contributed by atoms with Gasteiger partial charge in [0.15, 0.2) is 5.16 Å². The summed E-state index contributed by atoms with van der Waals surface area (Å²) in [5.74, 6) is 0.418. The number of thioether (sulfide) groups is 1. The molecule has 0 spiro atoms. The van der Waals surface area contributed by atoms with E-state index in [-0.39, 0.29) is 22.6 Å². The lowest BCUT2D eigenvalue weighted by Gasteiger charge is -2.08. The highest BCUT2D eigenvalue weighted by Crippen LogP contribution is 2.32. The Kier molecular flexibility index (Phi) is 3.96. The van der Waals surface area contributed by atoms with Crippen LogP contribution in [0.1, 0.15) is 5.56 Å². The molecule has 20 heavy (non-hydrogen) atoms. The number of phenols is 1. The van der Waals surface area contributed by atoms with Crippen LogP contribution in [0.4, 0.5) is 0 Å². The SMILES string of the molecule is COc1ccc(O)c(-c2nc(SC)[nH]c(=O)c2C#N)c1. The number of hydrogen-bond donors (Lipinski definition) is 2. The van der Waals surface area contributed by atoms with Crippen molar-refractivity contribution in [2.45, 2.75) is 5.16 Å². The Hall–Kier alpha value is -2.46. The highest BCUT2D eigenvalue weighted by molar-refractivity contribution is 7.98. The monoisotopic (exact) mass is 289 g/mol. The minimum atomic E-state index is -0.538. The van der Waals surface area contributed by atoms with Crippen LogP contribution in [0.15, 0.2) is 28.2 Å². The van der Waals surface area contributed by atoms with E-state index in [4.69, 9.17) is 10.00 Å². The maximum Gasteiger partial charge on any atom is 0.270 e. The van der Waals surface area contributed by atoms with Crippen molar-refractivity contribution < 1.29 is 9.84 Å². The van der Waals surface area contributed by atoms with Crippen LogP contribution in [0.2, 0.25) is 0 Å². The Labute approximate surface area is 119 Å². The number of nitriles is 1.